The van der Waals surface area contributed by atoms with Crippen LogP contribution in [0.2, 0.25) is 0 Å². The average molecular weight is 333 g/mol. The number of carbonyl (C=O) groups excluding carboxylic acids is 1. The summed E-state index contributed by atoms with van der Waals surface area (Å²) in [7, 11) is 1.36. The summed E-state index contributed by atoms with van der Waals surface area (Å²) in [4.78, 5) is 15.1. The normalized spacial score (nSPS) is 17.7. The highest BCUT2D eigenvalue weighted by atomic mass is 79.9. The third kappa shape index (κ3) is 2.69. The average Bonchev–Trinajstić information content (AvgIpc) is 2.87. The van der Waals surface area contributed by atoms with Crippen LogP contribution >= 0.6 is 15.9 Å². The molecule has 102 valence electrons. The second kappa shape index (κ2) is 5.54. The van der Waals surface area contributed by atoms with Crippen LogP contribution < -0.4 is 10.2 Å². The van der Waals surface area contributed by atoms with Gasteiger partial charge in [-0.2, -0.15) is 0 Å². The molecule has 1 heterocycles. The molecule has 0 spiro atoms. The summed E-state index contributed by atoms with van der Waals surface area (Å²) in [6.45, 7) is -0.00695. The zero-order valence-electron chi connectivity index (χ0n) is 9.81. The molecule has 1 aromatic rings. The van der Waals surface area contributed by atoms with Crippen molar-refractivity contribution in [3.8, 4) is 5.75 Å². The summed E-state index contributed by atoms with van der Waals surface area (Å²) in [5, 5.41) is 8.50. The molecule has 1 aromatic carbocycles. The Morgan fingerprint density at radius 3 is 3.00 bits per heavy atom. The number of hydrogen-bond donors (Lipinski definition) is 2. The fourth-order valence-corrected chi connectivity index (χ4v) is 2.22. The molecule has 0 unspecified atom stereocenters. The van der Waals surface area contributed by atoms with Crippen LogP contribution in [0.5, 0.6) is 5.75 Å². The van der Waals surface area contributed by atoms with Gasteiger partial charge in [-0.1, -0.05) is 0 Å². The van der Waals surface area contributed by atoms with Gasteiger partial charge in [0.2, 0.25) is 5.90 Å². The van der Waals surface area contributed by atoms with Crippen molar-refractivity contribution in [1.82, 2.24) is 5.48 Å². The molecule has 1 atom stereocenters. The van der Waals surface area contributed by atoms with Gasteiger partial charge in [0.15, 0.2) is 17.6 Å². The van der Waals surface area contributed by atoms with Gasteiger partial charge < -0.3 is 9.47 Å². The largest absolute Gasteiger partial charge is 0.492 e. The molecule has 0 bridgehead atoms. The van der Waals surface area contributed by atoms with Crippen molar-refractivity contribution in [2.24, 2.45) is 4.99 Å². The van der Waals surface area contributed by atoms with Gasteiger partial charge in [0, 0.05) is 5.56 Å². The van der Waals surface area contributed by atoms with Crippen LogP contribution in [0.15, 0.2) is 21.6 Å². The van der Waals surface area contributed by atoms with E-state index >= 15 is 0 Å². The molecule has 2 N–H and O–H groups in total. The maximum absolute atomic E-state index is 13.7. The Morgan fingerprint density at radius 1 is 1.68 bits per heavy atom. The van der Waals surface area contributed by atoms with E-state index in [0.29, 0.717) is 10.0 Å². The Hall–Kier alpha value is -1.67. The predicted molar refractivity (Wildman–Crippen MR) is 66.9 cm³/mol. The minimum atomic E-state index is -0.844. The van der Waals surface area contributed by atoms with E-state index in [1.165, 1.54) is 18.7 Å². The van der Waals surface area contributed by atoms with Gasteiger partial charge in [0.05, 0.1) is 11.6 Å². The topological polar surface area (TPSA) is 80.2 Å². The quantitative estimate of drug-likeness (QED) is 0.644. The number of nitrogens with zero attached hydrogens (tertiary/aromatic N) is 1. The number of hydroxylamine groups is 1. The summed E-state index contributed by atoms with van der Waals surface area (Å²) in [6, 6.07) is 1.92. The lowest BCUT2D eigenvalue weighted by atomic mass is 10.2. The molecule has 0 aromatic heterocycles. The SMILES string of the molecule is COc1c(F)cc(C2=N[C@@H](C(=O)NO)CO2)cc1Br. The van der Waals surface area contributed by atoms with Gasteiger partial charge in [-0.05, 0) is 28.1 Å². The van der Waals surface area contributed by atoms with Crippen molar-refractivity contribution in [3.63, 3.8) is 0 Å². The van der Waals surface area contributed by atoms with Crippen LogP contribution in [-0.2, 0) is 9.53 Å². The molecule has 6 nitrogen and oxygen atoms in total. The molecular weight excluding hydrogens is 323 g/mol. The summed E-state index contributed by atoms with van der Waals surface area (Å²) in [5.41, 5.74) is 1.86. The monoisotopic (exact) mass is 332 g/mol. The van der Waals surface area contributed by atoms with Crippen molar-refractivity contribution in [3.05, 3.63) is 28.0 Å². The molecule has 1 aliphatic heterocycles. The first-order chi connectivity index (χ1) is 9.06. The summed E-state index contributed by atoms with van der Waals surface area (Å²) < 4.78 is 24.2. The maximum Gasteiger partial charge on any atom is 0.271 e. The Bertz CT molecular complexity index is 526. The number of halogens is 2. The minimum Gasteiger partial charge on any atom is -0.492 e. The number of aliphatic imine (C=N–C) groups is 1. The Morgan fingerprint density at radius 2 is 2.42 bits per heavy atom. The molecule has 1 amide bonds. The molecule has 2 rings (SSSR count). The number of carbonyl (C=O) groups is 1. The van der Waals surface area contributed by atoms with Crippen molar-refractivity contribution in [2.45, 2.75) is 6.04 Å². The van der Waals surface area contributed by atoms with Gasteiger partial charge in [-0.25, -0.2) is 14.9 Å². The lowest BCUT2D eigenvalue weighted by molar-refractivity contribution is -0.130. The summed E-state index contributed by atoms with van der Waals surface area (Å²) in [5.74, 6) is -1.04. The zero-order chi connectivity index (χ0) is 14.0. The second-order valence-electron chi connectivity index (χ2n) is 3.71. The highest BCUT2D eigenvalue weighted by Gasteiger charge is 2.27. The van der Waals surface area contributed by atoms with Gasteiger partial charge >= 0.3 is 0 Å². The van der Waals surface area contributed by atoms with Crippen LogP contribution in [0.25, 0.3) is 0 Å². The van der Waals surface area contributed by atoms with E-state index in [9.17, 15) is 9.18 Å². The lowest BCUT2D eigenvalue weighted by Gasteiger charge is -2.07. The van der Waals surface area contributed by atoms with Crippen LogP contribution in [0.1, 0.15) is 5.56 Å². The molecule has 8 heteroatoms. The van der Waals surface area contributed by atoms with E-state index in [-0.39, 0.29) is 18.3 Å². The van der Waals surface area contributed by atoms with Crippen molar-refractivity contribution >= 4 is 27.7 Å². The first kappa shape index (κ1) is 13.8. The van der Waals surface area contributed by atoms with E-state index in [2.05, 4.69) is 20.9 Å². The Labute approximate surface area is 116 Å². The fourth-order valence-electron chi connectivity index (χ4n) is 1.62. The van der Waals surface area contributed by atoms with E-state index in [4.69, 9.17) is 14.7 Å². The number of nitrogens with one attached hydrogen (secondary N) is 1. The molecule has 0 radical (unpaired) electrons. The molecule has 19 heavy (non-hydrogen) atoms. The highest BCUT2D eigenvalue weighted by molar-refractivity contribution is 9.10. The van der Waals surface area contributed by atoms with Crippen LogP contribution in [0.4, 0.5) is 4.39 Å². The molecule has 0 saturated heterocycles. The molecule has 0 fully saturated rings. The smallest absolute Gasteiger partial charge is 0.271 e. The van der Waals surface area contributed by atoms with Gasteiger partial charge in [0.25, 0.3) is 5.91 Å². The number of methoxy groups -OCH3 is 1. The van der Waals surface area contributed by atoms with Gasteiger partial charge in [-0.3, -0.25) is 10.0 Å². The Balaban J connectivity index is 2.31. The number of hydrogen-bond acceptors (Lipinski definition) is 5. The van der Waals surface area contributed by atoms with Crippen LogP contribution in [-0.4, -0.2) is 36.8 Å². The van der Waals surface area contributed by atoms with Gasteiger partial charge in [0.1, 0.15) is 6.61 Å². The van der Waals surface area contributed by atoms with Crippen molar-refractivity contribution in [1.29, 1.82) is 0 Å². The van der Waals surface area contributed by atoms with E-state index in [1.807, 2.05) is 0 Å². The third-order valence-electron chi connectivity index (χ3n) is 2.51. The number of ether oxygens (including phenoxy) is 2. The number of rotatable bonds is 3. The standard InChI is InChI=1S/C11H10BrFN2O4/c1-18-9-6(12)2-5(3-7(9)13)11-14-8(4-19-11)10(16)15-17/h2-3,8,17H,4H2,1H3,(H,15,16)/t8-/m1/s1. The fraction of sp³-hybridized carbons (Fsp3) is 0.273. The first-order valence-electron chi connectivity index (χ1n) is 5.24. The van der Waals surface area contributed by atoms with Crippen LogP contribution in [0.3, 0.4) is 0 Å². The highest BCUT2D eigenvalue weighted by Crippen LogP contribution is 2.30. The number of benzene rings is 1. The third-order valence-corrected chi connectivity index (χ3v) is 3.10. The molecular formula is C11H10BrFN2O4. The predicted octanol–water partition coefficient (Wildman–Crippen LogP) is 1.25. The second-order valence-corrected chi connectivity index (χ2v) is 4.56. The Kier molecular flexibility index (Phi) is 4.01. The summed E-state index contributed by atoms with van der Waals surface area (Å²) in [6.07, 6.45) is 0. The molecule has 0 saturated carbocycles. The maximum atomic E-state index is 13.7. The van der Waals surface area contributed by atoms with E-state index in [1.54, 1.807) is 6.07 Å². The van der Waals surface area contributed by atoms with Crippen LogP contribution in [0, 0.1) is 5.82 Å². The van der Waals surface area contributed by atoms with Gasteiger partial charge in [-0.15, -0.1) is 0 Å². The lowest BCUT2D eigenvalue weighted by Crippen LogP contribution is -2.31. The molecule has 0 aliphatic carbocycles. The summed E-state index contributed by atoms with van der Waals surface area (Å²) >= 11 is 3.17. The van der Waals surface area contributed by atoms with Crippen molar-refractivity contribution in [2.75, 3.05) is 13.7 Å². The zero-order valence-corrected chi connectivity index (χ0v) is 11.4. The first-order valence-corrected chi connectivity index (χ1v) is 6.04. The van der Waals surface area contributed by atoms with E-state index < -0.39 is 17.8 Å². The van der Waals surface area contributed by atoms with E-state index in [0.717, 1.165) is 0 Å². The minimum absolute atomic E-state index is 0.00695. The van der Waals surface area contributed by atoms with Crippen molar-refractivity contribution < 1.29 is 23.9 Å². The number of amides is 1. The molecule has 1 aliphatic rings.